The summed E-state index contributed by atoms with van der Waals surface area (Å²) in [5.41, 5.74) is 1.29. The molecule has 5 nitrogen and oxygen atoms in total. The van der Waals surface area contributed by atoms with Crippen molar-refractivity contribution in [3.63, 3.8) is 0 Å². The van der Waals surface area contributed by atoms with Crippen molar-refractivity contribution in [1.29, 1.82) is 0 Å². The second-order valence-electron chi connectivity index (χ2n) is 6.32. The number of ether oxygens (including phenoxy) is 1. The second-order valence-corrected chi connectivity index (χ2v) is 6.32. The Labute approximate surface area is 143 Å². The maximum atomic E-state index is 12.7. The third-order valence-corrected chi connectivity index (χ3v) is 4.45. The predicted molar refractivity (Wildman–Crippen MR) is 86.8 cm³/mol. The van der Waals surface area contributed by atoms with E-state index >= 15 is 0 Å². The minimum Gasteiger partial charge on any atom is -0.396 e. The highest BCUT2D eigenvalue weighted by Crippen LogP contribution is 2.31. The molecule has 1 aromatic heterocycles. The number of nitrogens with zero attached hydrogens (tertiary/aromatic N) is 2. The van der Waals surface area contributed by atoms with Crippen LogP contribution in [0, 0.1) is 5.41 Å². The van der Waals surface area contributed by atoms with Crippen molar-refractivity contribution in [3.05, 3.63) is 41.7 Å². The van der Waals surface area contributed by atoms with Gasteiger partial charge in [-0.2, -0.15) is 18.3 Å². The van der Waals surface area contributed by atoms with Gasteiger partial charge >= 0.3 is 6.18 Å². The fourth-order valence-corrected chi connectivity index (χ4v) is 2.80. The standard InChI is InChI=1S/C17H20F3N3O2/c1-2-15-14(21-8-16(9-24)10-25-11-16)7-22-23(15)13-5-3-12(4-6-13)17(18,19)20/h3-7,21,24H,2,8-11H2,1H3. The van der Waals surface area contributed by atoms with Gasteiger partial charge in [0.25, 0.3) is 0 Å². The van der Waals surface area contributed by atoms with E-state index in [1.807, 2.05) is 6.92 Å². The molecule has 0 saturated carbocycles. The first-order chi connectivity index (χ1) is 11.9. The lowest BCUT2D eigenvalue weighted by molar-refractivity contribution is -0.137. The van der Waals surface area contributed by atoms with Gasteiger partial charge in [-0.1, -0.05) is 6.92 Å². The summed E-state index contributed by atoms with van der Waals surface area (Å²) in [6.07, 6.45) is -2.04. The van der Waals surface area contributed by atoms with Crippen LogP contribution >= 0.6 is 0 Å². The second kappa shape index (κ2) is 6.68. The molecule has 0 bridgehead atoms. The molecule has 0 unspecified atom stereocenters. The molecule has 0 spiro atoms. The van der Waals surface area contributed by atoms with Crippen molar-refractivity contribution in [1.82, 2.24) is 9.78 Å². The van der Waals surface area contributed by atoms with Gasteiger partial charge in [-0.25, -0.2) is 4.68 Å². The summed E-state index contributed by atoms with van der Waals surface area (Å²) in [4.78, 5) is 0. The smallest absolute Gasteiger partial charge is 0.396 e. The predicted octanol–water partition coefficient (Wildman–Crippen LogP) is 2.87. The normalized spacial score (nSPS) is 16.5. The average Bonchev–Trinajstić information content (AvgIpc) is 2.96. The number of aromatic nitrogens is 2. The molecule has 1 aliphatic heterocycles. The van der Waals surface area contributed by atoms with Crippen molar-refractivity contribution < 1.29 is 23.0 Å². The molecule has 136 valence electrons. The lowest BCUT2D eigenvalue weighted by atomic mass is 9.87. The highest BCUT2D eigenvalue weighted by Gasteiger charge is 2.38. The Morgan fingerprint density at radius 3 is 2.44 bits per heavy atom. The average molecular weight is 355 g/mol. The number of rotatable bonds is 6. The topological polar surface area (TPSA) is 59.3 Å². The summed E-state index contributed by atoms with van der Waals surface area (Å²) in [6.45, 7) is 3.55. The zero-order valence-corrected chi connectivity index (χ0v) is 13.8. The highest BCUT2D eigenvalue weighted by molar-refractivity contribution is 5.51. The molecule has 0 radical (unpaired) electrons. The quantitative estimate of drug-likeness (QED) is 0.837. The molecular formula is C17H20F3N3O2. The van der Waals surface area contributed by atoms with Crippen LogP contribution in [0.4, 0.5) is 18.9 Å². The monoisotopic (exact) mass is 355 g/mol. The van der Waals surface area contributed by atoms with Gasteiger partial charge in [0.05, 0.1) is 54.1 Å². The summed E-state index contributed by atoms with van der Waals surface area (Å²) in [7, 11) is 0. The number of nitrogens with one attached hydrogen (secondary N) is 1. The zero-order valence-electron chi connectivity index (χ0n) is 13.8. The van der Waals surface area contributed by atoms with E-state index in [0.717, 1.165) is 23.5 Å². The zero-order chi connectivity index (χ0) is 18.1. The molecule has 1 saturated heterocycles. The Bertz CT molecular complexity index is 716. The van der Waals surface area contributed by atoms with E-state index in [9.17, 15) is 18.3 Å². The van der Waals surface area contributed by atoms with Crippen LogP contribution in [-0.4, -0.2) is 41.3 Å². The molecule has 2 heterocycles. The van der Waals surface area contributed by atoms with Gasteiger partial charge in [0, 0.05) is 6.54 Å². The van der Waals surface area contributed by atoms with Crippen LogP contribution in [0.15, 0.2) is 30.5 Å². The number of halogens is 3. The van der Waals surface area contributed by atoms with E-state index in [1.165, 1.54) is 12.1 Å². The summed E-state index contributed by atoms with van der Waals surface area (Å²) in [5.74, 6) is 0. The molecule has 0 aliphatic carbocycles. The minimum absolute atomic E-state index is 0.0362. The molecule has 0 atom stereocenters. The van der Waals surface area contributed by atoms with Gasteiger partial charge in [-0.15, -0.1) is 0 Å². The molecule has 8 heteroatoms. The SMILES string of the molecule is CCc1c(NCC2(CO)COC2)cnn1-c1ccc(C(F)(F)F)cc1. The van der Waals surface area contributed by atoms with Gasteiger partial charge in [-0.3, -0.25) is 0 Å². The maximum absolute atomic E-state index is 12.7. The fourth-order valence-electron chi connectivity index (χ4n) is 2.80. The van der Waals surface area contributed by atoms with Crippen molar-refractivity contribution in [2.45, 2.75) is 19.5 Å². The molecule has 1 aromatic carbocycles. The summed E-state index contributed by atoms with van der Waals surface area (Å²) in [5, 5.41) is 17.1. The molecule has 2 N–H and O–H groups in total. The maximum Gasteiger partial charge on any atom is 0.416 e. The molecule has 1 fully saturated rings. The van der Waals surface area contributed by atoms with E-state index in [2.05, 4.69) is 10.4 Å². The van der Waals surface area contributed by atoms with Gasteiger partial charge < -0.3 is 15.2 Å². The van der Waals surface area contributed by atoms with E-state index in [4.69, 9.17) is 4.74 Å². The first-order valence-electron chi connectivity index (χ1n) is 8.05. The van der Waals surface area contributed by atoms with Gasteiger partial charge in [-0.05, 0) is 30.7 Å². The largest absolute Gasteiger partial charge is 0.416 e. The van der Waals surface area contributed by atoms with Crippen LogP contribution in [-0.2, 0) is 17.3 Å². The number of aliphatic hydroxyl groups is 1. The Balaban J connectivity index is 1.80. The van der Waals surface area contributed by atoms with E-state index in [1.54, 1.807) is 10.9 Å². The van der Waals surface area contributed by atoms with Crippen LogP contribution in [0.2, 0.25) is 0 Å². The van der Waals surface area contributed by atoms with Crippen LogP contribution in [0.3, 0.4) is 0 Å². The molecule has 3 rings (SSSR count). The van der Waals surface area contributed by atoms with Crippen molar-refractivity contribution in [2.75, 3.05) is 31.7 Å². The molecule has 25 heavy (non-hydrogen) atoms. The van der Waals surface area contributed by atoms with E-state index < -0.39 is 11.7 Å². The first kappa shape index (κ1) is 17.8. The fraction of sp³-hybridized carbons (Fsp3) is 0.471. The van der Waals surface area contributed by atoms with Gasteiger partial charge in [0.15, 0.2) is 0 Å². The summed E-state index contributed by atoms with van der Waals surface area (Å²) < 4.78 is 44.9. The van der Waals surface area contributed by atoms with E-state index in [0.29, 0.717) is 31.9 Å². The summed E-state index contributed by atoms with van der Waals surface area (Å²) in [6, 6.07) is 4.92. The Kier molecular flexibility index (Phi) is 4.75. The van der Waals surface area contributed by atoms with Crippen LogP contribution < -0.4 is 5.32 Å². The van der Waals surface area contributed by atoms with Crippen molar-refractivity contribution in [2.24, 2.45) is 5.41 Å². The van der Waals surface area contributed by atoms with Crippen LogP contribution in [0.25, 0.3) is 5.69 Å². The first-order valence-corrected chi connectivity index (χ1v) is 8.05. The lowest BCUT2D eigenvalue weighted by Gasteiger charge is -2.40. The van der Waals surface area contributed by atoms with Crippen LogP contribution in [0.1, 0.15) is 18.2 Å². The lowest BCUT2D eigenvalue weighted by Crippen LogP contribution is -2.50. The van der Waals surface area contributed by atoms with Crippen LogP contribution in [0.5, 0.6) is 0 Å². The number of aliphatic hydroxyl groups excluding tert-OH is 1. The Hall–Kier alpha value is -2.06. The molecule has 2 aromatic rings. The van der Waals surface area contributed by atoms with Crippen molar-refractivity contribution >= 4 is 5.69 Å². The van der Waals surface area contributed by atoms with Gasteiger partial charge in [0.1, 0.15) is 0 Å². The number of hydrogen-bond acceptors (Lipinski definition) is 4. The molecular weight excluding hydrogens is 335 g/mol. The summed E-state index contributed by atoms with van der Waals surface area (Å²) >= 11 is 0. The number of hydrogen-bond donors (Lipinski definition) is 2. The third-order valence-electron chi connectivity index (χ3n) is 4.45. The minimum atomic E-state index is -4.35. The molecule has 0 amide bonds. The number of anilines is 1. The third kappa shape index (κ3) is 3.50. The highest BCUT2D eigenvalue weighted by atomic mass is 19.4. The Morgan fingerprint density at radius 1 is 1.28 bits per heavy atom. The number of alkyl halides is 3. The van der Waals surface area contributed by atoms with Gasteiger partial charge in [0.2, 0.25) is 0 Å². The van der Waals surface area contributed by atoms with Crippen molar-refractivity contribution in [3.8, 4) is 5.69 Å². The molecule has 1 aliphatic rings. The Morgan fingerprint density at radius 2 is 1.96 bits per heavy atom. The van der Waals surface area contributed by atoms with E-state index in [-0.39, 0.29) is 12.0 Å². The number of benzene rings is 1.